The zero-order valence-electron chi connectivity index (χ0n) is 7.22. The van der Waals surface area contributed by atoms with Crippen LogP contribution in [0.4, 0.5) is 0 Å². The van der Waals surface area contributed by atoms with Crippen LogP contribution < -0.4 is 0 Å². The Morgan fingerprint density at radius 1 is 1.54 bits per heavy atom. The third-order valence-corrected chi connectivity index (χ3v) is 4.61. The Labute approximate surface area is 104 Å². The summed E-state index contributed by atoms with van der Waals surface area (Å²) in [5.41, 5.74) is 0. The third kappa shape index (κ3) is 3.15. The van der Waals surface area contributed by atoms with E-state index in [1.54, 1.807) is 0 Å². The maximum atomic E-state index is 5.91. The number of nitrogens with zero attached hydrogens (tertiary/aromatic N) is 2. The van der Waals surface area contributed by atoms with Crippen LogP contribution in [0.15, 0.2) is 9.21 Å². The Balaban J connectivity index is 2.76. The van der Waals surface area contributed by atoms with Crippen LogP contribution >= 0.6 is 55.2 Å². The van der Waals surface area contributed by atoms with Gasteiger partial charge in [-0.1, -0.05) is 13.8 Å². The van der Waals surface area contributed by atoms with Crippen molar-refractivity contribution >= 4 is 55.2 Å². The predicted molar refractivity (Wildman–Crippen MR) is 65.4 cm³/mol. The number of hydrogen-bond acceptors (Lipinski definition) is 2. The lowest BCUT2D eigenvalue weighted by Gasteiger charge is -2.07. The molecule has 13 heavy (non-hydrogen) atoms. The first-order valence-electron chi connectivity index (χ1n) is 3.71. The number of hydrogen-bond donors (Lipinski definition) is 0. The van der Waals surface area contributed by atoms with E-state index in [2.05, 4.69) is 50.7 Å². The van der Waals surface area contributed by atoms with Crippen molar-refractivity contribution in [2.24, 2.45) is 0 Å². The van der Waals surface area contributed by atoms with E-state index in [0.717, 1.165) is 15.1 Å². The van der Waals surface area contributed by atoms with E-state index < -0.39 is 0 Å². The molecule has 0 spiro atoms. The standard InChI is InChI=1S/C7H9Br2ClN2S/c1-4(2)13-3-12-6(9)5(8)11-7(12)10/h4H,3H2,1-2H3. The molecule has 1 aromatic rings. The highest BCUT2D eigenvalue weighted by Gasteiger charge is 2.11. The second-order valence-corrected chi connectivity index (χ2v) is 6.11. The first-order chi connectivity index (χ1) is 6.02. The van der Waals surface area contributed by atoms with Gasteiger partial charge >= 0.3 is 0 Å². The van der Waals surface area contributed by atoms with Crippen molar-refractivity contribution in [2.75, 3.05) is 0 Å². The van der Waals surface area contributed by atoms with E-state index >= 15 is 0 Å². The SMILES string of the molecule is CC(C)SCn1c(Cl)nc(Br)c1Br. The van der Waals surface area contributed by atoms with E-state index in [1.807, 2.05) is 16.3 Å². The Kier molecular flexibility index (Phi) is 4.62. The lowest BCUT2D eigenvalue weighted by atomic mass is 10.6. The Bertz CT molecular complexity index is 301. The van der Waals surface area contributed by atoms with Crippen molar-refractivity contribution in [3.05, 3.63) is 14.5 Å². The highest BCUT2D eigenvalue weighted by molar-refractivity contribution is 9.13. The quantitative estimate of drug-likeness (QED) is 0.816. The molecule has 0 aromatic carbocycles. The van der Waals surface area contributed by atoms with Crippen LogP contribution in [0.5, 0.6) is 0 Å². The summed E-state index contributed by atoms with van der Waals surface area (Å²) in [5, 5.41) is 1.09. The maximum absolute atomic E-state index is 5.91. The second kappa shape index (κ2) is 5.05. The fourth-order valence-corrected chi connectivity index (χ4v) is 2.85. The first-order valence-corrected chi connectivity index (χ1v) is 6.72. The molecule has 0 radical (unpaired) electrons. The lowest BCUT2D eigenvalue weighted by molar-refractivity contribution is 0.862. The maximum Gasteiger partial charge on any atom is 0.205 e. The average molecular weight is 348 g/mol. The molecule has 6 heteroatoms. The van der Waals surface area contributed by atoms with Crippen molar-refractivity contribution in [3.63, 3.8) is 0 Å². The highest BCUT2D eigenvalue weighted by atomic mass is 79.9. The van der Waals surface area contributed by atoms with E-state index in [0.29, 0.717) is 10.5 Å². The minimum atomic E-state index is 0.506. The highest BCUT2D eigenvalue weighted by Crippen LogP contribution is 2.28. The summed E-state index contributed by atoms with van der Waals surface area (Å²) in [6.07, 6.45) is 0. The van der Waals surface area contributed by atoms with E-state index in [-0.39, 0.29) is 0 Å². The minimum Gasteiger partial charge on any atom is -0.298 e. The summed E-state index contributed by atoms with van der Waals surface area (Å²) < 4.78 is 3.56. The molecule has 1 heterocycles. The molecule has 1 rings (SSSR count). The molecule has 0 saturated heterocycles. The average Bonchev–Trinajstić information content (AvgIpc) is 2.24. The molecule has 0 aliphatic carbocycles. The van der Waals surface area contributed by atoms with Crippen LogP contribution in [0.25, 0.3) is 0 Å². The van der Waals surface area contributed by atoms with Crippen LogP contribution in [0.1, 0.15) is 13.8 Å². The monoisotopic (exact) mass is 346 g/mol. The normalized spacial score (nSPS) is 11.2. The van der Waals surface area contributed by atoms with Gasteiger partial charge in [0.2, 0.25) is 5.28 Å². The third-order valence-electron chi connectivity index (χ3n) is 1.36. The summed E-state index contributed by atoms with van der Waals surface area (Å²) in [4.78, 5) is 4.07. The molecule has 74 valence electrons. The van der Waals surface area contributed by atoms with Gasteiger partial charge in [0.15, 0.2) is 0 Å². The van der Waals surface area contributed by atoms with Gasteiger partial charge < -0.3 is 0 Å². The number of aromatic nitrogens is 2. The van der Waals surface area contributed by atoms with Gasteiger partial charge in [-0.25, -0.2) is 4.98 Å². The Morgan fingerprint density at radius 3 is 2.54 bits per heavy atom. The van der Waals surface area contributed by atoms with Gasteiger partial charge in [-0.3, -0.25) is 4.57 Å². The summed E-state index contributed by atoms with van der Waals surface area (Å²) >= 11 is 14.4. The molecular weight excluding hydrogens is 339 g/mol. The number of imidazole rings is 1. The van der Waals surface area contributed by atoms with Crippen molar-refractivity contribution < 1.29 is 0 Å². The fraction of sp³-hybridized carbons (Fsp3) is 0.571. The number of rotatable bonds is 3. The fourth-order valence-electron chi connectivity index (χ4n) is 0.713. The predicted octanol–water partition coefficient (Wildman–Crippen LogP) is 4.16. The molecule has 0 bridgehead atoms. The van der Waals surface area contributed by atoms with Crippen LogP contribution in [0.2, 0.25) is 5.28 Å². The summed E-state index contributed by atoms with van der Waals surface area (Å²) in [5.74, 6) is 0.815. The lowest BCUT2D eigenvalue weighted by Crippen LogP contribution is -1.98. The summed E-state index contributed by atoms with van der Waals surface area (Å²) in [6, 6.07) is 0. The molecule has 0 fully saturated rings. The largest absolute Gasteiger partial charge is 0.298 e. The van der Waals surface area contributed by atoms with Crippen LogP contribution in [-0.2, 0) is 5.88 Å². The Morgan fingerprint density at radius 2 is 2.15 bits per heavy atom. The number of thioether (sulfide) groups is 1. The zero-order valence-corrected chi connectivity index (χ0v) is 12.0. The smallest absolute Gasteiger partial charge is 0.205 e. The number of halogens is 3. The van der Waals surface area contributed by atoms with Gasteiger partial charge in [0.05, 0.1) is 5.88 Å². The molecule has 0 atom stereocenters. The van der Waals surface area contributed by atoms with Crippen LogP contribution in [-0.4, -0.2) is 14.8 Å². The zero-order chi connectivity index (χ0) is 10.0. The van der Waals surface area contributed by atoms with Gasteiger partial charge in [0.1, 0.15) is 9.21 Å². The molecule has 1 aromatic heterocycles. The topological polar surface area (TPSA) is 17.8 Å². The van der Waals surface area contributed by atoms with E-state index in [9.17, 15) is 0 Å². The minimum absolute atomic E-state index is 0.506. The molecule has 0 N–H and O–H groups in total. The van der Waals surface area contributed by atoms with Gasteiger partial charge in [0, 0.05) is 5.25 Å². The second-order valence-electron chi connectivity index (χ2n) is 2.74. The molecule has 0 saturated carbocycles. The summed E-state index contributed by atoms with van der Waals surface area (Å²) in [7, 11) is 0. The van der Waals surface area contributed by atoms with Gasteiger partial charge in [-0.05, 0) is 43.5 Å². The van der Waals surface area contributed by atoms with Crippen molar-refractivity contribution in [1.29, 1.82) is 0 Å². The molecule has 0 aliphatic heterocycles. The van der Waals surface area contributed by atoms with E-state index in [1.165, 1.54) is 0 Å². The molecular formula is C7H9Br2ClN2S. The molecule has 0 unspecified atom stereocenters. The van der Waals surface area contributed by atoms with Crippen molar-refractivity contribution in [3.8, 4) is 0 Å². The van der Waals surface area contributed by atoms with Gasteiger partial charge in [0.25, 0.3) is 0 Å². The molecule has 0 amide bonds. The molecule has 0 aliphatic rings. The van der Waals surface area contributed by atoms with E-state index in [4.69, 9.17) is 11.6 Å². The first kappa shape index (κ1) is 11.9. The molecule has 2 nitrogen and oxygen atoms in total. The Hall–Kier alpha value is 0.810. The van der Waals surface area contributed by atoms with Crippen LogP contribution in [0.3, 0.4) is 0 Å². The van der Waals surface area contributed by atoms with Gasteiger partial charge in [-0.2, -0.15) is 0 Å². The van der Waals surface area contributed by atoms with Crippen molar-refractivity contribution in [1.82, 2.24) is 9.55 Å². The van der Waals surface area contributed by atoms with Crippen LogP contribution in [0, 0.1) is 0 Å². The summed E-state index contributed by atoms with van der Waals surface area (Å²) in [6.45, 7) is 4.30. The van der Waals surface area contributed by atoms with Crippen molar-refractivity contribution in [2.45, 2.75) is 25.0 Å². The van der Waals surface area contributed by atoms with Gasteiger partial charge in [-0.15, -0.1) is 11.8 Å².